The number of nitrogens with two attached hydrogens (primary N) is 2. The molecule has 2 atom stereocenters. The van der Waals surface area contributed by atoms with Gasteiger partial charge in [0, 0.05) is 64.6 Å². The van der Waals surface area contributed by atoms with Gasteiger partial charge in [-0.25, -0.2) is 9.97 Å². The lowest BCUT2D eigenvalue weighted by Gasteiger charge is -2.36. The number of carbonyl (C=O) groups excluding carboxylic acids is 4. The van der Waals surface area contributed by atoms with Gasteiger partial charge in [-0.2, -0.15) is 10.2 Å². The second-order valence-corrected chi connectivity index (χ2v) is 15.9. The van der Waals surface area contributed by atoms with Gasteiger partial charge in [-0.1, -0.05) is 12.2 Å². The van der Waals surface area contributed by atoms with Crippen molar-refractivity contribution >= 4 is 69.0 Å². The van der Waals surface area contributed by atoms with Crippen LogP contribution in [0.25, 0.3) is 22.1 Å². The number of aromatic nitrogens is 8. The van der Waals surface area contributed by atoms with Crippen LogP contribution < -0.4 is 31.9 Å². The Kier molecular flexibility index (Phi) is 11.3. The smallest absolute Gasteiger partial charge is 0.276 e. The highest BCUT2D eigenvalue weighted by Crippen LogP contribution is 2.42. The van der Waals surface area contributed by atoms with Crippen molar-refractivity contribution in [1.82, 2.24) is 38.7 Å². The maximum absolute atomic E-state index is 13.8. The molecule has 6 aromatic rings. The first-order valence-electron chi connectivity index (χ1n) is 20.8. The number of aryl methyl sites for hydroxylation is 4. The number of nitrogens with one attached hydrogen (secondary N) is 2. The Bertz CT molecular complexity index is 2770. The molecule has 6 heterocycles. The SMILES string of the molecule is CCn1nc(C)cc1C(=O)Nc1nc2cc(C(N)=O)cc3c2n1[C@@H](C/C=C/C[C@H]1CN(CCCOC)c2cc(C(N)=O)cc4nc(NC(=O)c5cc(C)nn5CC)n1c24)CN3C. The van der Waals surface area contributed by atoms with E-state index in [4.69, 9.17) is 26.2 Å². The summed E-state index contributed by atoms with van der Waals surface area (Å²) < 4.78 is 12.8. The molecule has 0 bridgehead atoms. The molecule has 8 rings (SSSR count). The lowest BCUT2D eigenvalue weighted by molar-refractivity contribution is 0.0992. The van der Waals surface area contributed by atoms with E-state index in [2.05, 4.69) is 47.3 Å². The summed E-state index contributed by atoms with van der Waals surface area (Å²) in [5.74, 6) is -1.12. The van der Waals surface area contributed by atoms with E-state index in [1.54, 1.807) is 52.9 Å². The Morgan fingerprint density at radius 2 is 1.23 bits per heavy atom. The van der Waals surface area contributed by atoms with Gasteiger partial charge in [0.25, 0.3) is 11.8 Å². The van der Waals surface area contributed by atoms with Crippen LogP contribution in [0.15, 0.2) is 48.6 Å². The topological polar surface area (TPSA) is 231 Å². The van der Waals surface area contributed by atoms with Crippen LogP contribution in [0.1, 0.15) is 98.3 Å². The summed E-state index contributed by atoms with van der Waals surface area (Å²) in [7, 11) is 3.63. The highest BCUT2D eigenvalue weighted by molar-refractivity contribution is 6.07. The standard InChI is InChI=1S/C43H52N14O5/c1-7-54-34(16-24(3)50-54)40(60)48-42-46-30-18-26(38(44)58)20-32-36(30)56(42)28(22-52(32)5)12-9-10-13-29-23-53(14-11-15-62-6)33-21-27(39(45)59)19-31-37(33)57(29)43(47-31)49-41(61)35-17-25(4)51-55(35)8-2/h9-10,16-21,28-29H,7-8,11-15,22-23H2,1-6H3,(H2,44,58)(H2,45,59)(H,46,48,60)(H,47,49,61)/b10-9+/t28-,29-/m0/s1. The van der Waals surface area contributed by atoms with E-state index in [1.807, 2.05) is 39.3 Å². The quantitative estimate of drug-likeness (QED) is 0.0779. The third-order valence-electron chi connectivity index (χ3n) is 11.6. The first-order chi connectivity index (χ1) is 29.8. The highest BCUT2D eigenvalue weighted by atomic mass is 16.5. The molecule has 6 N–H and O–H groups in total. The molecule has 0 saturated heterocycles. The van der Waals surface area contributed by atoms with Crippen LogP contribution in [-0.4, -0.2) is 103 Å². The molecular formula is C43H52N14O5. The van der Waals surface area contributed by atoms with Crippen LogP contribution in [0, 0.1) is 13.8 Å². The van der Waals surface area contributed by atoms with Gasteiger partial charge in [0.05, 0.1) is 56.9 Å². The Balaban J connectivity index is 1.14. The van der Waals surface area contributed by atoms with Crippen LogP contribution in [0.5, 0.6) is 0 Å². The largest absolute Gasteiger partial charge is 0.385 e. The third kappa shape index (κ3) is 7.63. The van der Waals surface area contributed by atoms with E-state index in [9.17, 15) is 19.2 Å². The van der Waals surface area contributed by atoms with E-state index in [1.165, 1.54) is 0 Å². The second-order valence-electron chi connectivity index (χ2n) is 15.9. The van der Waals surface area contributed by atoms with Crippen LogP contribution in [-0.2, 0) is 17.8 Å². The summed E-state index contributed by atoms with van der Waals surface area (Å²) in [6.45, 7) is 10.9. The van der Waals surface area contributed by atoms with Crippen LogP contribution in [0.2, 0.25) is 0 Å². The van der Waals surface area contributed by atoms with Gasteiger partial charge in [0.1, 0.15) is 11.4 Å². The van der Waals surface area contributed by atoms with Crippen molar-refractivity contribution < 1.29 is 23.9 Å². The molecule has 4 amide bonds. The number of benzene rings is 2. The number of anilines is 4. The first kappa shape index (κ1) is 41.7. The minimum absolute atomic E-state index is 0.159. The summed E-state index contributed by atoms with van der Waals surface area (Å²) in [6.07, 6.45) is 6.16. The summed E-state index contributed by atoms with van der Waals surface area (Å²) in [6, 6.07) is 10.0. The summed E-state index contributed by atoms with van der Waals surface area (Å²) in [5, 5.41) is 15.0. The molecular weight excluding hydrogens is 793 g/mol. The van der Waals surface area contributed by atoms with Gasteiger partial charge in [-0.15, -0.1) is 0 Å². The van der Waals surface area contributed by atoms with Crippen molar-refractivity contribution in [3.05, 3.63) is 82.5 Å². The van der Waals surface area contributed by atoms with Crippen molar-refractivity contribution in [3.8, 4) is 0 Å². The van der Waals surface area contributed by atoms with Crippen molar-refractivity contribution in [1.29, 1.82) is 0 Å². The Morgan fingerprint density at radius 1 is 0.742 bits per heavy atom. The molecule has 62 heavy (non-hydrogen) atoms. The molecule has 324 valence electrons. The van der Waals surface area contributed by atoms with Gasteiger partial charge in [-0.3, -0.25) is 39.2 Å². The Hall–Kier alpha value is -7.02. The Morgan fingerprint density at radius 3 is 1.71 bits per heavy atom. The molecule has 0 radical (unpaired) electrons. The van der Waals surface area contributed by atoms with E-state index in [0.717, 1.165) is 40.2 Å². The average molecular weight is 845 g/mol. The van der Waals surface area contributed by atoms with Crippen molar-refractivity contribution in [2.24, 2.45) is 11.5 Å². The molecule has 0 unspecified atom stereocenters. The average Bonchev–Trinajstić information content (AvgIpc) is 4.02. The molecule has 2 aliphatic rings. The van der Waals surface area contributed by atoms with Gasteiger partial charge in [0.2, 0.25) is 23.7 Å². The zero-order chi connectivity index (χ0) is 44.0. The fourth-order valence-corrected chi connectivity index (χ4v) is 8.80. The lowest BCUT2D eigenvalue weighted by atomic mass is 10.0. The molecule has 19 heteroatoms. The zero-order valence-electron chi connectivity index (χ0n) is 35.8. The third-order valence-corrected chi connectivity index (χ3v) is 11.6. The summed E-state index contributed by atoms with van der Waals surface area (Å²) in [5.41, 5.74) is 18.7. The number of allylic oxidation sites excluding steroid dienone is 2. The summed E-state index contributed by atoms with van der Waals surface area (Å²) in [4.78, 5) is 66.6. The van der Waals surface area contributed by atoms with Gasteiger partial charge >= 0.3 is 0 Å². The number of imidazole rings is 2. The van der Waals surface area contributed by atoms with E-state index in [0.29, 0.717) is 97.6 Å². The monoisotopic (exact) mass is 844 g/mol. The minimum Gasteiger partial charge on any atom is -0.385 e. The molecule has 2 aromatic carbocycles. The minimum atomic E-state index is -0.572. The number of primary amides is 2. The zero-order valence-corrected chi connectivity index (χ0v) is 35.8. The van der Waals surface area contributed by atoms with E-state index >= 15 is 0 Å². The number of carbonyl (C=O) groups is 4. The van der Waals surface area contributed by atoms with E-state index < -0.39 is 11.8 Å². The number of amides is 4. The molecule has 2 aliphatic heterocycles. The molecule has 4 aromatic heterocycles. The highest BCUT2D eigenvalue weighted by Gasteiger charge is 2.33. The second kappa shape index (κ2) is 16.8. The fourth-order valence-electron chi connectivity index (χ4n) is 8.80. The Labute approximate surface area is 357 Å². The van der Waals surface area contributed by atoms with Gasteiger partial charge in [0.15, 0.2) is 0 Å². The number of hydrogen-bond donors (Lipinski definition) is 4. The number of likely N-dealkylation sites (N-methyl/N-ethyl adjacent to an activating group) is 1. The van der Waals surface area contributed by atoms with Gasteiger partial charge < -0.3 is 35.1 Å². The van der Waals surface area contributed by atoms with Crippen molar-refractivity contribution in [3.63, 3.8) is 0 Å². The van der Waals surface area contributed by atoms with E-state index in [-0.39, 0.29) is 23.9 Å². The molecule has 0 aliphatic carbocycles. The predicted octanol–water partition coefficient (Wildman–Crippen LogP) is 4.56. The normalized spacial score (nSPS) is 15.9. The number of nitrogens with zero attached hydrogens (tertiary/aromatic N) is 10. The van der Waals surface area contributed by atoms with Crippen molar-refractivity contribution in [2.45, 2.75) is 72.1 Å². The lowest BCUT2D eigenvalue weighted by Crippen LogP contribution is -2.37. The van der Waals surface area contributed by atoms with Crippen LogP contribution in [0.3, 0.4) is 0 Å². The number of hydrogen-bond acceptors (Lipinski definition) is 11. The molecule has 19 nitrogen and oxygen atoms in total. The fraction of sp³-hybridized carbons (Fsp3) is 0.395. The molecule has 0 spiro atoms. The molecule has 0 fully saturated rings. The summed E-state index contributed by atoms with van der Waals surface area (Å²) >= 11 is 0. The number of rotatable bonds is 16. The van der Waals surface area contributed by atoms with Gasteiger partial charge in [-0.05, 0) is 83.4 Å². The predicted molar refractivity (Wildman–Crippen MR) is 236 cm³/mol. The van der Waals surface area contributed by atoms with Crippen LogP contribution >= 0.6 is 0 Å². The number of methoxy groups -OCH3 is 1. The molecule has 0 saturated carbocycles. The van der Waals surface area contributed by atoms with Crippen molar-refractivity contribution in [2.75, 3.05) is 60.8 Å². The first-order valence-corrected chi connectivity index (χ1v) is 20.8. The number of ether oxygens (including phenoxy) is 1. The maximum Gasteiger partial charge on any atom is 0.276 e. The maximum atomic E-state index is 13.8. The van der Waals surface area contributed by atoms with Crippen LogP contribution in [0.4, 0.5) is 23.3 Å².